The van der Waals surface area contributed by atoms with Crippen molar-refractivity contribution < 1.29 is 8.83 Å². The van der Waals surface area contributed by atoms with Crippen LogP contribution in [0, 0.1) is 0 Å². The predicted octanol–water partition coefficient (Wildman–Crippen LogP) is 16.3. The summed E-state index contributed by atoms with van der Waals surface area (Å²) in [6, 6.07) is 75.7. The Hall–Kier alpha value is -7.88. The van der Waals surface area contributed by atoms with E-state index in [0.29, 0.717) is 0 Å². The molecule has 0 aliphatic rings. The third kappa shape index (κ3) is 5.51. The molecule has 0 spiro atoms. The number of rotatable bonds is 6. The van der Waals surface area contributed by atoms with Gasteiger partial charge in [-0.1, -0.05) is 158 Å². The molecule has 0 unspecified atom stereocenters. The zero-order chi connectivity index (χ0) is 38.9. The minimum Gasteiger partial charge on any atom is -0.456 e. The molecule has 2 aromatic heterocycles. The Bertz CT molecular complexity index is 3540. The van der Waals surface area contributed by atoms with Gasteiger partial charge in [-0.15, -0.1) is 0 Å². The maximum Gasteiger partial charge on any atom is 0.159 e. The Balaban J connectivity index is 0.997. The number of para-hydroxylation sites is 3. The summed E-state index contributed by atoms with van der Waals surface area (Å²) in [6.45, 7) is 0. The lowest BCUT2D eigenvalue weighted by Crippen LogP contribution is -2.10. The fraction of sp³-hybridized carbons (Fsp3) is 0. The number of benzene rings is 10. The second-order valence-corrected chi connectivity index (χ2v) is 15.3. The van der Waals surface area contributed by atoms with Crippen LogP contribution < -0.4 is 4.90 Å². The van der Waals surface area contributed by atoms with Crippen LogP contribution in [0.3, 0.4) is 0 Å². The first-order valence-corrected chi connectivity index (χ1v) is 20.1. The third-order valence-electron chi connectivity index (χ3n) is 11.9. The van der Waals surface area contributed by atoms with Crippen molar-refractivity contribution in [1.82, 2.24) is 0 Å². The van der Waals surface area contributed by atoms with Crippen molar-refractivity contribution in [3.63, 3.8) is 0 Å². The maximum absolute atomic E-state index is 6.97. The van der Waals surface area contributed by atoms with Crippen molar-refractivity contribution in [2.24, 2.45) is 0 Å². The molecule has 0 saturated carbocycles. The molecule has 0 aliphatic carbocycles. The monoisotopic (exact) mass is 753 g/mol. The van der Waals surface area contributed by atoms with Crippen molar-refractivity contribution in [2.45, 2.75) is 0 Å². The van der Waals surface area contributed by atoms with Crippen LogP contribution in [0.5, 0.6) is 0 Å². The Kier molecular flexibility index (Phi) is 7.54. The minimum absolute atomic E-state index is 0.845. The number of hydrogen-bond donors (Lipinski definition) is 0. The summed E-state index contributed by atoms with van der Waals surface area (Å²) in [5, 5.41) is 9.45. The molecule has 0 bridgehead atoms. The number of furan rings is 2. The quantitative estimate of drug-likeness (QED) is 0.158. The highest BCUT2D eigenvalue weighted by Gasteiger charge is 2.21. The third-order valence-corrected chi connectivity index (χ3v) is 11.9. The van der Waals surface area contributed by atoms with Gasteiger partial charge in [0.2, 0.25) is 0 Å². The highest BCUT2D eigenvalue weighted by molar-refractivity contribution is 6.14. The molecule has 3 nitrogen and oxygen atoms in total. The van der Waals surface area contributed by atoms with Crippen molar-refractivity contribution in [2.75, 3.05) is 4.90 Å². The lowest BCUT2D eigenvalue weighted by Gasteiger charge is -2.26. The van der Waals surface area contributed by atoms with Crippen LogP contribution in [0.25, 0.3) is 98.8 Å². The van der Waals surface area contributed by atoms with Gasteiger partial charge >= 0.3 is 0 Å². The van der Waals surface area contributed by atoms with E-state index in [1.807, 2.05) is 12.1 Å². The van der Waals surface area contributed by atoms with Crippen LogP contribution >= 0.6 is 0 Å². The van der Waals surface area contributed by atoms with Crippen LogP contribution in [0.4, 0.5) is 17.1 Å². The van der Waals surface area contributed by atoms with Gasteiger partial charge in [-0.05, 0) is 104 Å². The molecule has 10 aromatic carbocycles. The smallest absolute Gasteiger partial charge is 0.159 e. The van der Waals surface area contributed by atoms with E-state index in [-0.39, 0.29) is 0 Å². The van der Waals surface area contributed by atoms with Crippen molar-refractivity contribution >= 4 is 82.5 Å². The van der Waals surface area contributed by atoms with E-state index < -0.39 is 0 Å². The lowest BCUT2D eigenvalue weighted by atomic mass is 9.97. The van der Waals surface area contributed by atoms with E-state index >= 15 is 0 Å². The fourth-order valence-electron chi connectivity index (χ4n) is 8.95. The second-order valence-electron chi connectivity index (χ2n) is 15.3. The van der Waals surface area contributed by atoms with Gasteiger partial charge in [-0.3, -0.25) is 0 Å². The number of anilines is 3. The van der Waals surface area contributed by atoms with Crippen LogP contribution in [0.2, 0.25) is 0 Å². The van der Waals surface area contributed by atoms with E-state index in [2.05, 4.69) is 205 Å². The van der Waals surface area contributed by atoms with Gasteiger partial charge in [0.25, 0.3) is 0 Å². The fourth-order valence-corrected chi connectivity index (χ4v) is 8.95. The SMILES string of the molecule is c1ccc(-c2cccc3c2oc2c(N(c4ccc(-c5ccc6ccc7ccccc7c6c5)cc4)c4ccc(-c5ccc6oc7ccccc7c6c5)cc4)cccc23)cc1. The molecule has 12 aromatic rings. The molecule has 0 amide bonds. The highest BCUT2D eigenvalue weighted by Crippen LogP contribution is 2.45. The summed E-state index contributed by atoms with van der Waals surface area (Å²) in [5.41, 5.74) is 13.4. The summed E-state index contributed by atoms with van der Waals surface area (Å²) in [7, 11) is 0. The van der Waals surface area contributed by atoms with Gasteiger partial charge in [0.15, 0.2) is 5.58 Å². The van der Waals surface area contributed by atoms with Gasteiger partial charge in [0.1, 0.15) is 16.7 Å². The molecule has 0 saturated heterocycles. The molecule has 276 valence electrons. The molecule has 2 heterocycles. The van der Waals surface area contributed by atoms with Crippen LogP contribution in [-0.4, -0.2) is 0 Å². The zero-order valence-corrected chi connectivity index (χ0v) is 32.0. The first kappa shape index (κ1) is 33.3. The molecule has 3 heteroatoms. The predicted molar refractivity (Wildman–Crippen MR) is 247 cm³/mol. The number of hydrogen-bond acceptors (Lipinski definition) is 3. The largest absolute Gasteiger partial charge is 0.456 e. The molecule has 0 aliphatic heterocycles. The first-order valence-electron chi connectivity index (χ1n) is 20.1. The van der Waals surface area contributed by atoms with E-state index in [0.717, 1.165) is 88.8 Å². The minimum atomic E-state index is 0.845. The topological polar surface area (TPSA) is 29.5 Å². The van der Waals surface area contributed by atoms with E-state index in [1.165, 1.54) is 27.1 Å². The van der Waals surface area contributed by atoms with Gasteiger partial charge in [-0.2, -0.15) is 0 Å². The standard InChI is InChI=1S/C56H35NO2/c1-2-10-38(11-3-1)46-15-8-16-48-49-17-9-18-52(56(49)59-55(46)48)57(44-31-26-37(27-32-44)42-28-33-54-51(35-42)47-14-6-7-19-53(47)58-54)43-29-24-36(25-30-43)41-23-22-40-21-20-39-12-4-5-13-45(39)50(40)34-41/h1-35H. The Morgan fingerprint density at radius 2 is 0.831 bits per heavy atom. The average Bonchev–Trinajstić information content (AvgIpc) is 3.88. The Labute approximate surface area is 340 Å². The Morgan fingerprint density at radius 1 is 0.288 bits per heavy atom. The Morgan fingerprint density at radius 3 is 1.59 bits per heavy atom. The lowest BCUT2D eigenvalue weighted by molar-refractivity contribution is 0.669. The van der Waals surface area contributed by atoms with Crippen molar-refractivity contribution in [3.05, 3.63) is 212 Å². The van der Waals surface area contributed by atoms with E-state index in [4.69, 9.17) is 8.83 Å². The van der Waals surface area contributed by atoms with Crippen molar-refractivity contribution in [3.8, 4) is 33.4 Å². The van der Waals surface area contributed by atoms with E-state index in [9.17, 15) is 0 Å². The molecular formula is C56H35NO2. The van der Waals surface area contributed by atoms with Crippen LogP contribution in [0.1, 0.15) is 0 Å². The second kappa shape index (κ2) is 13.4. The van der Waals surface area contributed by atoms with Crippen molar-refractivity contribution in [1.29, 1.82) is 0 Å². The van der Waals surface area contributed by atoms with Crippen LogP contribution in [0.15, 0.2) is 221 Å². The van der Waals surface area contributed by atoms with Gasteiger partial charge < -0.3 is 13.7 Å². The molecule has 0 atom stereocenters. The summed E-state index contributed by atoms with van der Waals surface area (Å²) in [5.74, 6) is 0. The zero-order valence-electron chi connectivity index (χ0n) is 32.0. The first-order chi connectivity index (χ1) is 29.2. The van der Waals surface area contributed by atoms with E-state index in [1.54, 1.807) is 0 Å². The van der Waals surface area contributed by atoms with Crippen LogP contribution in [-0.2, 0) is 0 Å². The molecular weight excluding hydrogens is 719 g/mol. The normalized spacial score (nSPS) is 11.7. The van der Waals surface area contributed by atoms with Gasteiger partial charge in [0, 0.05) is 38.5 Å². The molecule has 12 rings (SSSR count). The molecule has 59 heavy (non-hydrogen) atoms. The summed E-state index contributed by atoms with van der Waals surface area (Å²) >= 11 is 0. The molecule has 0 radical (unpaired) electrons. The summed E-state index contributed by atoms with van der Waals surface area (Å²) in [4.78, 5) is 2.32. The number of nitrogens with zero attached hydrogens (tertiary/aromatic N) is 1. The molecule has 0 N–H and O–H groups in total. The highest BCUT2D eigenvalue weighted by atomic mass is 16.3. The average molecular weight is 754 g/mol. The summed E-state index contributed by atoms with van der Waals surface area (Å²) < 4.78 is 13.1. The number of fused-ring (bicyclic) bond motifs is 9. The van der Waals surface area contributed by atoms with Gasteiger partial charge in [0.05, 0.1) is 5.69 Å². The summed E-state index contributed by atoms with van der Waals surface area (Å²) in [6.07, 6.45) is 0. The maximum atomic E-state index is 6.97. The van der Waals surface area contributed by atoms with Gasteiger partial charge in [-0.25, -0.2) is 0 Å². The molecule has 0 fully saturated rings.